The van der Waals surface area contributed by atoms with E-state index >= 15 is 0 Å². The fourth-order valence-electron chi connectivity index (χ4n) is 6.24. The molecule has 1 saturated heterocycles. The van der Waals surface area contributed by atoms with Crippen molar-refractivity contribution in [2.75, 3.05) is 4.90 Å². The van der Waals surface area contributed by atoms with Crippen molar-refractivity contribution in [3.05, 3.63) is 100 Å². The molecular weight excluding hydrogens is 410 g/mol. The maximum atomic E-state index is 13.9. The van der Waals surface area contributed by atoms with E-state index in [2.05, 4.69) is 0 Å². The molecule has 1 heterocycles. The standard InChI is InChI=1S/C26H18ClNO3/c1-14(29)26-19-11-4-2-9-17(19)21(18-10-3-5-12-20(18)26)22-23(26)25(31)28(24(22)30)16-8-6-7-15(27)13-16/h2-13,21-23H,1H3/t21?,22-,23-,26?/m1/s1. The molecule has 3 aromatic carbocycles. The van der Waals surface area contributed by atoms with Gasteiger partial charge in [0.2, 0.25) is 11.8 Å². The molecular formula is C26H18ClNO3. The van der Waals surface area contributed by atoms with Gasteiger partial charge in [-0.05, 0) is 47.4 Å². The molecule has 0 saturated carbocycles. The molecule has 3 aromatic rings. The van der Waals surface area contributed by atoms with Crippen LogP contribution in [0.25, 0.3) is 0 Å². The quantitative estimate of drug-likeness (QED) is 0.566. The van der Waals surface area contributed by atoms with Crippen molar-refractivity contribution in [1.82, 2.24) is 0 Å². The molecule has 4 nitrogen and oxygen atoms in total. The fraction of sp³-hybridized carbons (Fsp3) is 0.192. The summed E-state index contributed by atoms with van der Waals surface area (Å²) in [5.41, 5.74) is 2.90. The highest BCUT2D eigenvalue weighted by Gasteiger charge is 2.69. The highest BCUT2D eigenvalue weighted by molar-refractivity contribution is 6.31. The molecule has 3 aliphatic carbocycles. The van der Waals surface area contributed by atoms with Gasteiger partial charge in [0.1, 0.15) is 5.78 Å². The van der Waals surface area contributed by atoms with Gasteiger partial charge in [0.05, 0.1) is 22.9 Å². The molecule has 0 aromatic heterocycles. The number of carbonyl (C=O) groups is 3. The summed E-state index contributed by atoms with van der Waals surface area (Å²) >= 11 is 6.16. The van der Waals surface area contributed by atoms with Crippen LogP contribution >= 0.6 is 11.6 Å². The van der Waals surface area contributed by atoms with Crippen LogP contribution < -0.4 is 4.90 Å². The van der Waals surface area contributed by atoms with Crippen LogP contribution in [0.5, 0.6) is 0 Å². The largest absolute Gasteiger partial charge is 0.299 e. The Morgan fingerprint density at radius 1 is 0.871 bits per heavy atom. The second-order valence-corrected chi connectivity index (χ2v) is 8.95. The van der Waals surface area contributed by atoms with E-state index in [9.17, 15) is 14.4 Å². The zero-order valence-corrected chi connectivity index (χ0v) is 17.5. The van der Waals surface area contributed by atoms with Crippen LogP contribution in [0.1, 0.15) is 35.1 Å². The summed E-state index contributed by atoms with van der Waals surface area (Å²) in [6, 6.07) is 22.3. The van der Waals surface area contributed by atoms with Crippen molar-refractivity contribution in [1.29, 1.82) is 0 Å². The number of imide groups is 1. The Labute approximate surface area is 184 Å². The van der Waals surface area contributed by atoms with Gasteiger partial charge in [0.25, 0.3) is 0 Å². The van der Waals surface area contributed by atoms with E-state index in [1.165, 1.54) is 11.8 Å². The molecule has 2 atom stereocenters. The van der Waals surface area contributed by atoms with E-state index in [-0.39, 0.29) is 23.5 Å². The Morgan fingerprint density at radius 2 is 1.48 bits per heavy atom. The minimum Gasteiger partial charge on any atom is -0.299 e. The molecule has 152 valence electrons. The average Bonchev–Trinajstić information content (AvgIpc) is 3.04. The molecule has 0 N–H and O–H groups in total. The number of halogens is 1. The van der Waals surface area contributed by atoms with Crippen LogP contribution in [0.2, 0.25) is 5.02 Å². The summed E-state index contributed by atoms with van der Waals surface area (Å²) in [6.45, 7) is 1.54. The Hall–Kier alpha value is -3.24. The first-order valence-corrected chi connectivity index (χ1v) is 10.7. The Morgan fingerprint density at radius 3 is 2.06 bits per heavy atom. The molecule has 2 bridgehead atoms. The first kappa shape index (κ1) is 18.5. The maximum Gasteiger partial charge on any atom is 0.239 e. The average molecular weight is 428 g/mol. The number of carbonyl (C=O) groups excluding carboxylic acids is 3. The highest BCUT2D eigenvalue weighted by atomic mass is 35.5. The third-order valence-electron chi connectivity index (χ3n) is 7.24. The number of hydrogen-bond acceptors (Lipinski definition) is 3. The molecule has 0 radical (unpaired) electrons. The highest BCUT2D eigenvalue weighted by Crippen LogP contribution is 2.64. The Bertz CT molecular complexity index is 1270. The zero-order chi connectivity index (χ0) is 21.5. The predicted molar refractivity (Wildman–Crippen MR) is 117 cm³/mol. The van der Waals surface area contributed by atoms with Crippen molar-refractivity contribution < 1.29 is 14.4 Å². The lowest BCUT2D eigenvalue weighted by atomic mass is 9.46. The normalized spacial score (nSPS) is 27.7. The van der Waals surface area contributed by atoms with Crippen LogP contribution in [-0.2, 0) is 19.8 Å². The summed E-state index contributed by atoms with van der Waals surface area (Å²) in [5.74, 6) is -2.38. The smallest absolute Gasteiger partial charge is 0.239 e. The van der Waals surface area contributed by atoms with E-state index in [1.807, 2.05) is 48.5 Å². The van der Waals surface area contributed by atoms with Crippen LogP contribution in [0.4, 0.5) is 5.69 Å². The summed E-state index contributed by atoms with van der Waals surface area (Å²) in [6.07, 6.45) is 0. The second-order valence-electron chi connectivity index (χ2n) is 8.51. The molecule has 7 rings (SSSR count). The van der Waals surface area contributed by atoms with E-state index < -0.39 is 17.3 Å². The number of nitrogens with zero attached hydrogens (tertiary/aromatic N) is 1. The SMILES string of the molecule is CC(=O)C12c3ccccc3C(c3ccccc31)[C@H]1C(=O)N(c3cccc(Cl)c3)C(=O)[C@@H]12. The molecule has 31 heavy (non-hydrogen) atoms. The Kier molecular flexibility index (Phi) is 3.67. The summed E-state index contributed by atoms with van der Waals surface area (Å²) in [7, 11) is 0. The number of anilines is 1. The predicted octanol–water partition coefficient (Wildman–Crippen LogP) is 4.48. The summed E-state index contributed by atoms with van der Waals surface area (Å²) < 4.78 is 0. The summed E-state index contributed by atoms with van der Waals surface area (Å²) in [5, 5.41) is 0.448. The van der Waals surface area contributed by atoms with Gasteiger partial charge in [-0.25, -0.2) is 4.90 Å². The topological polar surface area (TPSA) is 54.5 Å². The number of ketones is 1. The summed E-state index contributed by atoms with van der Waals surface area (Å²) in [4.78, 5) is 42.4. The van der Waals surface area contributed by atoms with Crippen LogP contribution in [-0.4, -0.2) is 17.6 Å². The van der Waals surface area contributed by atoms with Crippen LogP contribution in [0.3, 0.4) is 0 Å². The molecule has 1 aliphatic heterocycles. The zero-order valence-electron chi connectivity index (χ0n) is 16.7. The van der Waals surface area contributed by atoms with Crippen molar-refractivity contribution in [3.8, 4) is 0 Å². The van der Waals surface area contributed by atoms with Crippen molar-refractivity contribution in [3.63, 3.8) is 0 Å². The van der Waals surface area contributed by atoms with Crippen LogP contribution in [0.15, 0.2) is 72.8 Å². The van der Waals surface area contributed by atoms with Gasteiger partial charge in [-0.3, -0.25) is 14.4 Å². The van der Waals surface area contributed by atoms with Gasteiger partial charge in [-0.1, -0.05) is 66.2 Å². The minimum atomic E-state index is -1.17. The number of rotatable bonds is 2. The number of benzene rings is 3. The first-order chi connectivity index (χ1) is 15.0. The third kappa shape index (κ3) is 2.08. The fourth-order valence-corrected chi connectivity index (χ4v) is 6.42. The van der Waals surface area contributed by atoms with Gasteiger partial charge in [-0.2, -0.15) is 0 Å². The van der Waals surface area contributed by atoms with Gasteiger partial charge in [-0.15, -0.1) is 0 Å². The Balaban J connectivity index is 1.68. The van der Waals surface area contributed by atoms with E-state index in [1.54, 1.807) is 24.3 Å². The van der Waals surface area contributed by atoms with Crippen molar-refractivity contribution in [2.45, 2.75) is 18.3 Å². The van der Waals surface area contributed by atoms with Gasteiger partial charge in [0.15, 0.2) is 0 Å². The maximum absolute atomic E-state index is 13.9. The molecule has 4 aliphatic rings. The van der Waals surface area contributed by atoms with E-state index in [0.29, 0.717) is 10.7 Å². The van der Waals surface area contributed by atoms with E-state index in [4.69, 9.17) is 11.6 Å². The first-order valence-electron chi connectivity index (χ1n) is 10.3. The minimum absolute atomic E-state index is 0.116. The van der Waals surface area contributed by atoms with Gasteiger partial charge in [0, 0.05) is 10.9 Å². The van der Waals surface area contributed by atoms with Crippen molar-refractivity contribution >= 4 is 34.9 Å². The van der Waals surface area contributed by atoms with Gasteiger partial charge >= 0.3 is 0 Å². The molecule has 0 spiro atoms. The lowest BCUT2D eigenvalue weighted by molar-refractivity contribution is -0.132. The number of Topliss-reactive ketones (excluding diaryl/α,β-unsaturated/α-hetero) is 1. The van der Waals surface area contributed by atoms with Crippen molar-refractivity contribution in [2.24, 2.45) is 11.8 Å². The second kappa shape index (κ2) is 6.14. The third-order valence-corrected chi connectivity index (χ3v) is 7.47. The lowest BCUT2D eigenvalue weighted by Gasteiger charge is -2.52. The number of hydrogen-bond donors (Lipinski definition) is 0. The molecule has 1 fully saturated rings. The molecule has 2 amide bonds. The monoisotopic (exact) mass is 427 g/mol. The van der Waals surface area contributed by atoms with Crippen LogP contribution in [0, 0.1) is 11.8 Å². The molecule has 5 heteroatoms. The van der Waals surface area contributed by atoms with E-state index in [0.717, 1.165) is 22.3 Å². The lowest BCUT2D eigenvalue weighted by Crippen LogP contribution is -2.57. The molecule has 0 unspecified atom stereocenters. The number of amides is 2. The van der Waals surface area contributed by atoms with Gasteiger partial charge < -0.3 is 0 Å².